The van der Waals surface area contributed by atoms with E-state index in [4.69, 9.17) is 10.7 Å². The van der Waals surface area contributed by atoms with E-state index in [2.05, 4.69) is 4.98 Å². The average Bonchev–Trinajstić information content (AvgIpc) is 2.90. The highest BCUT2D eigenvalue weighted by atomic mass is 14.9. The molecule has 3 heteroatoms. The Kier molecular flexibility index (Phi) is 2.87. The lowest BCUT2D eigenvalue weighted by molar-refractivity contribution is 0.404. The monoisotopic (exact) mass is 231 g/mol. The largest absolute Gasteiger partial charge is 0.328 e. The highest BCUT2D eigenvalue weighted by molar-refractivity contribution is 5.11. The highest BCUT2D eigenvalue weighted by Crippen LogP contribution is 2.51. The predicted octanol–water partition coefficient (Wildman–Crippen LogP) is 2.27. The smallest absolute Gasteiger partial charge is 0.131 e. The quantitative estimate of drug-likeness (QED) is 0.868. The summed E-state index contributed by atoms with van der Waals surface area (Å²) in [5.74, 6) is 3.51. The molecule has 4 atom stereocenters. The Hall–Kier alpha value is -0.960. The first-order chi connectivity index (χ1) is 8.22. The molecular formula is C14H21N3. The van der Waals surface area contributed by atoms with Crippen molar-refractivity contribution < 1.29 is 0 Å². The molecule has 2 aliphatic rings. The molecule has 0 radical (unpaired) electrons. The van der Waals surface area contributed by atoms with E-state index in [1.165, 1.54) is 25.7 Å². The maximum absolute atomic E-state index is 5.83. The molecule has 0 amide bonds. The second-order valence-electron chi connectivity index (χ2n) is 5.87. The first-order valence-corrected chi connectivity index (χ1v) is 6.80. The first kappa shape index (κ1) is 11.1. The zero-order chi connectivity index (χ0) is 11.8. The van der Waals surface area contributed by atoms with E-state index in [9.17, 15) is 0 Å². The molecule has 2 saturated carbocycles. The van der Waals surface area contributed by atoms with E-state index in [-0.39, 0.29) is 6.04 Å². The van der Waals surface area contributed by atoms with E-state index in [1.807, 2.05) is 19.2 Å². The van der Waals surface area contributed by atoms with Gasteiger partial charge in [-0.15, -0.1) is 0 Å². The minimum atomic E-state index is 0.178. The summed E-state index contributed by atoms with van der Waals surface area (Å²) in [6.45, 7) is 2.03. The van der Waals surface area contributed by atoms with Crippen LogP contribution in [0.25, 0.3) is 0 Å². The lowest BCUT2D eigenvalue weighted by atomic mass is 9.88. The molecule has 17 heavy (non-hydrogen) atoms. The van der Waals surface area contributed by atoms with Gasteiger partial charge >= 0.3 is 0 Å². The molecule has 0 aliphatic heterocycles. The number of nitrogens with zero attached hydrogens (tertiary/aromatic N) is 2. The van der Waals surface area contributed by atoms with Crippen LogP contribution in [0.3, 0.4) is 0 Å². The molecule has 1 heterocycles. The van der Waals surface area contributed by atoms with Crippen molar-refractivity contribution >= 4 is 0 Å². The average molecular weight is 231 g/mol. The Morgan fingerprint density at radius 2 is 2.29 bits per heavy atom. The molecule has 4 unspecified atom stereocenters. The van der Waals surface area contributed by atoms with Gasteiger partial charge in [0.15, 0.2) is 0 Å². The van der Waals surface area contributed by atoms with Crippen molar-refractivity contribution in [1.29, 1.82) is 0 Å². The van der Waals surface area contributed by atoms with E-state index in [0.717, 1.165) is 29.8 Å². The topological polar surface area (TPSA) is 51.8 Å². The standard InChI is InChI=1S/C14H21N3/c1-9(15)6-12-4-5-16-14(17-12)13-8-10-2-3-11(13)7-10/h4-5,9-11,13H,2-3,6-8,15H2,1H3. The summed E-state index contributed by atoms with van der Waals surface area (Å²) in [5, 5.41) is 0. The summed E-state index contributed by atoms with van der Waals surface area (Å²) in [7, 11) is 0. The van der Waals surface area contributed by atoms with Gasteiger partial charge in [0.2, 0.25) is 0 Å². The van der Waals surface area contributed by atoms with Crippen molar-refractivity contribution in [3.63, 3.8) is 0 Å². The van der Waals surface area contributed by atoms with Crippen molar-refractivity contribution in [2.45, 2.75) is 51.0 Å². The van der Waals surface area contributed by atoms with Crippen molar-refractivity contribution in [3.8, 4) is 0 Å². The van der Waals surface area contributed by atoms with Crippen molar-refractivity contribution in [2.75, 3.05) is 0 Å². The van der Waals surface area contributed by atoms with Crippen LogP contribution in [0.2, 0.25) is 0 Å². The third-order valence-electron chi connectivity index (χ3n) is 4.33. The Balaban J connectivity index is 1.79. The van der Waals surface area contributed by atoms with Gasteiger partial charge in [0.1, 0.15) is 5.82 Å². The van der Waals surface area contributed by atoms with Gasteiger partial charge in [0.25, 0.3) is 0 Å². The molecule has 0 saturated heterocycles. The van der Waals surface area contributed by atoms with E-state index in [0.29, 0.717) is 5.92 Å². The predicted molar refractivity (Wildman–Crippen MR) is 67.6 cm³/mol. The van der Waals surface area contributed by atoms with Gasteiger partial charge in [-0.3, -0.25) is 0 Å². The molecule has 0 aromatic carbocycles. The minimum Gasteiger partial charge on any atom is -0.328 e. The molecule has 2 fully saturated rings. The van der Waals surface area contributed by atoms with Gasteiger partial charge in [0, 0.05) is 30.3 Å². The number of hydrogen-bond donors (Lipinski definition) is 1. The first-order valence-electron chi connectivity index (χ1n) is 6.80. The SMILES string of the molecule is CC(N)Cc1ccnc(C2CC3CCC2C3)n1. The van der Waals surface area contributed by atoms with Crippen molar-refractivity contribution in [1.82, 2.24) is 9.97 Å². The van der Waals surface area contributed by atoms with E-state index in [1.54, 1.807) is 0 Å². The zero-order valence-corrected chi connectivity index (χ0v) is 10.5. The molecule has 0 spiro atoms. The molecule has 2 bridgehead atoms. The number of aromatic nitrogens is 2. The molecule has 3 nitrogen and oxygen atoms in total. The Labute approximate surface area is 103 Å². The minimum absolute atomic E-state index is 0.178. The second kappa shape index (κ2) is 4.37. The lowest BCUT2D eigenvalue weighted by Crippen LogP contribution is -2.20. The number of nitrogens with two attached hydrogens (primary N) is 1. The van der Waals surface area contributed by atoms with Crippen LogP contribution in [-0.4, -0.2) is 16.0 Å². The molecule has 1 aromatic rings. The van der Waals surface area contributed by atoms with Crippen LogP contribution in [0.1, 0.15) is 50.0 Å². The van der Waals surface area contributed by atoms with Crippen LogP contribution < -0.4 is 5.73 Å². The molecule has 92 valence electrons. The number of rotatable bonds is 3. The van der Waals surface area contributed by atoms with Gasteiger partial charge in [-0.25, -0.2) is 9.97 Å². The molecule has 2 aliphatic carbocycles. The Bertz CT molecular complexity index is 402. The molecule has 2 N–H and O–H groups in total. The van der Waals surface area contributed by atoms with E-state index >= 15 is 0 Å². The second-order valence-corrected chi connectivity index (χ2v) is 5.87. The van der Waals surface area contributed by atoms with Gasteiger partial charge in [0.05, 0.1) is 0 Å². The normalized spacial score (nSPS) is 32.9. The molecular weight excluding hydrogens is 210 g/mol. The molecule has 1 aromatic heterocycles. The van der Waals surface area contributed by atoms with Gasteiger partial charge in [-0.2, -0.15) is 0 Å². The summed E-state index contributed by atoms with van der Waals surface area (Å²) in [6, 6.07) is 2.18. The van der Waals surface area contributed by atoms with Crippen LogP contribution in [0.15, 0.2) is 12.3 Å². The number of hydrogen-bond acceptors (Lipinski definition) is 3. The fraction of sp³-hybridized carbons (Fsp3) is 0.714. The number of fused-ring (bicyclic) bond motifs is 2. The summed E-state index contributed by atoms with van der Waals surface area (Å²) >= 11 is 0. The maximum Gasteiger partial charge on any atom is 0.131 e. The highest BCUT2D eigenvalue weighted by Gasteiger charge is 2.41. The van der Waals surface area contributed by atoms with Crippen LogP contribution in [0.5, 0.6) is 0 Å². The van der Waals surface area contributed by atoms with Gasteiger partial charge in [-0.1, -0.05) is 6.42 Å². The van der Waals surface area contributed by atoms with Crippen LogP contribution in [0, 0.1) is 11.8 Å². The van der Waals surface area contributed by atoms with Crippen LogP contribution in [-0.2, 0) is 6.42 Å². The molecule has 3 rings (SSSR count). The van der Waals surface area contributed by atoms with Gasteiger partial charge < -0.3 is 5.73 Å². The summed E-state index contributed by atoms with van der Waals surface area (Å²) in [4.78, 5) is 9.22. The van der Waals surface area contributed by atoms with E-state index < -0.39 is 0 Å². The maximum atomic E-state index is 5.83. The van der Waals surface area contributed by atoms with Crippen molar-refractivity contribution in [3.05, 3.63) is 23.8 Å². The Morgan fingerprint density at radius 3 is 2.94 bits per heavy atom. The van der Waals surface area contributed by atoms with Crippen LogP contribution in [0.4, 0.5) is 0 Å². The zero-order valence-electron chi connectivity index (χ0n) is 10.5. The third-order valence-corrected chi connectivity index (χ3v) is 4.33. The van der Waals surface area contributed by atoms with Crippen LogP contribution >= 0.6 is 0 Å². The summed E-state index contributed by atoms with van der Waals surface area (Å²) in [6.07, 6.45) is 8.30. The fourth-order valence-electron chi connectivity index (χ4n) is 3.60. The Morgan fingerprint density at radius 1 is 1.41 bits per heavy atom. The summed E-state index contributed by atoms with van der Waals surface area (Å²) in [5.41, 5.74) is 6.93. The lowest BCUT2D eigenvalue weighted by Gasteiger charge is -2.20. The van der Waals surface area contributed by atoms with Crippen molar-refractivity contribution in [2.24, 2.45) is 17.6 Å². The van der Waals surface area contributed by atoms with Gasteiger partial charge in [-0.05, 0) is 44.1 Å². The third kappa shape index (κ3) is 2.21. The summed E-state index contributed by atoms with van der Waals surface area (Å²) < 4.78 is 0. The fourth-order valence-corrected chi connectivity index (χ4v) is 3.60.